The van der Waals surface area contributed by atoms with E-state index in [-0.39, 0.29) is 12.0 Å². The maximum absolute atomic E-state index is 5.97. The van der Waals surface area contributed by atoms with Crippen molar-refractivity contribution in [2.45, 2.75) is 0 Å². The van der Waals surface area contributed by atoms with E-state index in [1.807, 2.05) is 72.8 Å². The zero-order valence-corrected chi connectivity index (χ0v) is 14.9. The number of para-hydroxylation sites is 2. The van der Waals surface area contributed by atoms with Crippen molar-refractivity contribution in [2.75, 3.05) is 0 Å². The van der Waals surface area contributed by atoms with Crippen LogP contribution in [0.5, 0.6) is 23.5 Å². The third-order valence-corrected chi connectivity index (χ3v) is 3.85. The van der Waals surface area contributed by atoms with Gasteiger partial charge in [-0.05, 0) is 48.5 Å². The van der Waals surface area contributed by atoms with Crippen molar-refractivity contribution in [3.8, 4) is 34.9 Å². The van der Waals surface area contributed by atoms with Gasteiger partial charge in [-0.15, -0.1) is 4.98 Å². The van der Waals surface area contributed by atoms with Crippen LogP contribution in [0, 0.1) is 0 Å². The topological polar surface area (TPSA) is 57.1 Å². The molecule has 0 bridgehead atoms. The van der Waals surface area contributed by atoms with Crippen LogP contribution in [0.25, 0.3) is 11.4 Å². The van der Waals surface area contributed by atoms with Gasteiger partial charge in [-0.2, -0.15) is 9.97 Å². The fourth-order valence-electron chi connectivity index (χ4n) is 2.35. The van der Waals surface area contributed by atoms with Crippen LogP contribution in [0.15, 0.2) is 84.9 Å². The highest BCUT2D eigenvalue weighted by molar-refractivity contribution is 6.30. The van der Waals surface area contributed by atoms with E-state index in [9.17, 15) is 0 Å². The third kappa shape index (κ3) is 4.40. The van der Waals surface area contributed by atoms with Crippen molar-refractivity contribution in [3.05, 3.63) is 90.0 Å². The van der Waals surface area contributed by atoms with Gasteiger partial charge in [0.1, 0.15) is 11.5 Å². The zero-order valence-electron chi connectivity index (χ0n) is 14.1. The predicted molar refractivity (Wildman–Crippen MR) is 103 cm³/mol. The van der Waals surface area contributed by atoms with Gasteiger partial charge in [-0.1, -0.05) is 48.0 Å². The molecule has 0 N–H and O–H groups in total. The third-order valence-electron chi connectivity index (χ3n) is 3.60. The van der Waals surface area contributed by atoms with Crippen LogP contribution < -0.4 is 9.47 Å². The molecule has 0 unspecified atom stereocenters. The van der Waals surface area contributed by atoms with Gasteiger partial charge in [0.15, 0.2) is 5.82 Å². The highest BCUT2D eigenvalue weighted by Gasteiger charge is 2.12. The van der Waals surface area contributed by atoms with Gasteiger partial charge in [0.2, 0.25) is 0 Å². The fourth-order valence-corrected chi connectivity index (χ4v) is 2.47. The quantitative estimate of drug-likeness (QED) is 0.442. The molecule has 0 aliphatic heterocycles. The summed E-state index contributed by atoms with van der Waals surface area (Å²) in [7, 11) is 0. The number of rotatable bonds is 5. The van der Waals surface area contributed by atoms with Gasteiger partial charge in [-0.3, -0.25) is 0 Å². The molecule has 4 rings (SSSR count). The van der Waals surface area contributed by atoms with E-state index in [0.717, 1.165) is 5.56 Å². The molecule has 0 atom stereocenters. The van der Waals surface area contributed by atoms with Crippen LogP contribution in [-0.2, 0) is 0 Å². The van der Waals surface area contributed by atoms with E-state index in [1.54, 1.807) is 12.1 Å². The molecule has 1 aromatic heterocycles. The molecule has 1 heterocycles. The Bertz CT molecular complexity index is 966. The Kier molecular flexibility index (Phi) is 4.94. The standard InChI is InChI=1S/C21H14ClN3O2/c22-16-13-11-15(12-14-16)19-23-20(26-17-7-3-1-4-8-17)25-21(24-19)27-18-9-5-2-6-10-18/h1-14H. The molecule has 0 fully saturated rings. The van der Waals surface area contributed by atoms with Crippen LogP contribution in [0.3, 0.4) is 0 Å². The summed E-state index contributed by atoms with van der Waals surface area (Å²) in [6.07, 6.45) is 0. The molecular formula is C21H14ClN3O2. The Labute approximate surface area is 161 Å². The first-order chi connectivity index (χ1) is 13.3. The Morgan fingerprint density at radius 3 is 1.52 bits per heavy atom. The summed E-state index contributed by atoms with van der Waals surface area (Å²) < 4.78 is 11.5. The van der Waals surface area contributed by atoms with Gasteiger partial charge in [0, 0.05) is 10.6 Å². The summed E-state index contributed by atoms with van der Waals surface area (Å²) in [5, 5.41) is 0.634. The summed E-state index contributed by atoms with van der Waals surface area (Å²) in [5.74, 6) is 1.67. The lowest BCUT2D eigenvalue weighted by Gasteiger charge is -2.09. The van der Waals surface area contributed by atoms with Gasteiger partial charge in [-0.25, -0.2) is 0 Å². The minimum Gasteiger partial charge on any atom is -0.424 e. The smallest absolute Gasteiger partial charge is 0.328 e. The Hall–Kier alpha value is -3.44. The first-order valence-corrected chi connectivity index (χ1v) is 8.62. The van der Waals surface area contributed by atoms with Crippen molar-refractivity contribution in [3.63, 3.8) is 0 Å². The lowest BCUT2D eigenvalue weighted by atomic mass is 10.2. The molecule has 5 nitrogen and oxygen atoms in total. The second kappa shape index (κ2) is 7.85. The molecule has 27 heavy (non-hydrogen) atoms. The molecule has 0 aliphatic carbocycles. The first-order valence-electron chi connectivity index (χ1n) is 8.24. The van der Waals surface area contributed by atoms with Gasteiger partial charge in [0.25, 0.3) is 0 Å². The molecule has 0 saturated carbocycles. The van der Waals surface area contributed by atoms with Gasteiger partial charge < -0.3 is 9.47 Å². The Balaban J connectivity index is 1.72. The molecular weight excluding hydrogens is 362 g/mol. The first kappa shape index (κ1) is 17.0. The van der Waals surface area contributed by atoms with E-state index < -0.39 is 0 Å². The van der Waals surface area contributed by atoms with Crippen LogP contribution in [-0.4, -0.2) is 15.0 Å². The fraction of sp³-hybridized carbons (Fsp3) is 0. The van der Waals surface area contributed by atoms with Gasteiger partial charge >= 0.3 is 12.0 Å². The Morgan fingerprint density at radius 1 is 0.556 bits per heavy atom. The molecule has 0 amide bonds. The lowest BCUT2D eigenvalue weighted by molar-refractivity contribution is 0.398. The highest BCUT2D eigenvalue weighted by Crippen LogP contribution is 2.26. The summed E-state index contributed by atoms with van der Waals surface area (Å²) >= 11 is 5.97. The van der Waals surface area contributed by atoms with E-state index in [4.69, 9.17) is 21.1 Å². The van der Waals surface area contributed by atoms with Crippen molar-refractivity contribution in [1.82, 2.24) is 15.0 Å². The maximum atomic E-state index is 5.97. The van der Waals surface area contributed by atoms with Gasteiger partial charge in [0.05, 0.1) is 0 Å². The van der Waals surface area contributed by atoms with E-state index >= 15 is 0 Å². The molecule has 3 aromatic carbocycles. The largest absolute Gasteiger partial charge is 0.424 e. The molecule has 6 heteroatoms. The van der Waals surface area contributed by atoms with Crippen molar-refractivity contribution in [1.29, 1.82) is 0 Å². The maximum Gasteiger partial charge on any atom is 0.328 e. The number of aromatic nitrogens is 3. The number of hydrogen-bond acceptors (Lipinski definition) is 5. The number of benzene rings is 3. The van der Waals surface area contributed by atoms with Crippen LogP contribution in [0.2, 0.25) is 5.02 Å². The number of halogens is 1. The minimum absolute atomic E-state index is 0.145. The molecule has 132 valence electrons. The SMILES string of the molecule is Clc1ccc(-c2nc(Oc3ccccc3)nc(Oc3ccccc3)n2)cc1. The Morgan fingerprint density at radius 2 is 1.04 bits per heavy atom. The molecule has 0 saturated heterocycles. The molecule has 0 aliphatic rings. The lowest BCUT2D eigenvalue weighted by Crippen LogP contribution is -2.00. The van der Waals surface area contributed by atoms with Crippen molar-refractivity contribution >= 4 is 11.6 Å². The number of nitrogens with zero attached hydrogens (tertiary/aromatic N) is 3. The summed E-state index contributed by atoms with van der Waals surface area (Å²) in [6, 6.07) is 26.1. The second-order valence-corrected chi connectivity index (χ2v) is 6.00. The normalized spacial score (nSPS) is 10.4. The van der Waals surface area contributed by atoms with E-state index in [2.05, 4.69) is 15.0 Å². The molecule has 0 radical (unpaired) electrons. The van der Waals surface area contributed by atoms with Crippen LogP contribution in [0.4, 0.5) is 0 Å². The monoisotopic (exact) mass is 375 g/mol. The minimum atomic E-state index is 0.145. The zero-order chi connectivity index (χ0) is 18.5. The van der Waals surface area contributed by atoms with Crippen LogP contribution in [0.1, 0.15) is 0 Å². The van der Waals surface area contributed by atoms with Crippen molar-refractivity contribution < 1.29 is 9.47 Å². The highest BCUT2D eigenvalue weighted by atomic mass is 35.5. The van der Waals surface area contributed by atoms with Crippen LogP contribution >= 0.6 is 11.6 Å². The average molecular weight is 376 g/mol. The average Bonchev–Trinajstić information content (AvgIpc) is 2.70. The second-order valence-electron chi connectivity index (χ2n) is 5.56. The summed E-state index contributed by atoms with van der Waals surface area (Å²) in [6.45, 7) is 0. The van der Waals surface area contributed by atoms with E-state index in [1.165, 1.54) is 0 Å². The molecule has 0 spiro atoms. The molecule has 4 aromatic rings. The predicted octanol–water partition coefficient (Wildman–Crippen LogP) is 5.78. The van der Waals surface area contributed by atoms with Crippen molar-refractivity contribution in [2.24, 2.45) is 0 Å². The van der Waals surface area contributed by atoms with E-state index in [0.29, 0.717) is 22.3 Å². The summed E-state index contributed by atoms with van der Waals surface area (Å²) in [4.78, 5) is 13.1. The summed E-state index contributed by atoms with van der Waals surface area (Å²) in [5.41, 5.74) is 0.776. The number of hydrogen-bond donors (Lipinski definition) is 0. The number of ether oxygens (including phenoxy) is 2.